The number of carbonyl (C=O) groups is 2. The van der Waals surface area contributed by atoms with Crippen molar-refractivity contribution in [2.24, 2.45) is 0 Å². The molecule has 0 saturated carbocycles. The van der Waals surface area contributed by atoms with Crippen LogP contribution >= 0.6 is 0 Å². The van der Waals surface area contributed by atoms with Crippen LogP contribution in [-0.4, -0.2) is 46.9 Å². The molecule has 3 unspecified atom stereocenters. The highest BCUT2D eigenvalue weighted by atomic mass is 16.5. The van der Waals surface area contributed by atoms with Gasteiger partial charge in [-0.2, -0.15) is 0 Å². The normalized spacial score (nSPS) is 13.2. The lowest BCUT2D eigenvalue weighted by molar-refractivity contribution is -0.151. The standard InChI is InChI=1S/C49H97NO5/c1-4-7-10-13-16-18-20-21-22-23-24-25-26-28-30-33-36-39-42-49(54)55-45(40-37-34-31-15-12-9-6-3)43-48(53)50-46(44-51)47(52)41-38-35-32-29-27-19-17-14-11-8-5-2/h45-47,51-52H,4-44H2,1-3H3,(H,50,53). The van der Waals surface area contributed by atoms with Crippen LogP contribution in [0.25, 0.3) is 0 Å². The minimum atomic E-state index is -0.777. The number of nitrogens with one attached hydrogen (secondary N) is 1. The second-order valence-electron chi connectivity index (χ2n) is 17.2. The quantitative estimate of drug-likeness (QED) is 0.0422. The average Bonchev–Trinajstić information content (AvgIpc) is 3.18. The molecule has 0 aromatic carbocycles. The number of amides is 1. The Morgan fingerprint density at radius 3 is 1.11 bits per heavy atom. The van der Waals surface area contributed by atoms with E-state index in [0.717, 1.165) is 38.5 Å². The second-order valence-corrected chi connectivity index (χ2v) is 17.2. The van der Waals surface area contributed by atoms with Crippen molar-refractivity contribution in [3.8, 4) is 0 Å². The summed E-state index contributed by atoms with van der Waals surface area (Å²) in [4.78, 5) is 25.9. The number of hydrogen-bond acceptors (Lipinski definition) is 5. The predicted molar refractivity (Wildman–Crippen MR) is 237 cm³/mol. The van der Waals surface area contributed by atoms with Crippen molar-refractivity contribution in [2.75, 3.05) is 6.61 Å². The van der Waals surface area contributed by atoms with Crippen LogP contribution in [0, 0.1) is 0 Å². The molecule has 0 saturated heterocycles. The number of aliphatic hydroxyl groups excluding tert-OH is 2. The molecular weight excluding hydrogens is 683 g/mol. The molecule has 6 nitrogen and oxygen atoms in total. The van der Waals surface area contributed by atoms with E-state index in [-0.39, 0.29) is 24.9 Å². The van der Waals surface area contributed by atoms with Crippen LogP contribution in [0.2, 0.25) is 0 Å². The molecule has 0 aliphatic carbocycles. The van der Waals surface area contributed by atoms with Crippen LogP contribution in [0.3, 0.4) is 0 Å². The van der Waals surface area contributed by atoms with Crippen LogP contribution in [-0.2, 0) is 14.3 Å². The molecule has 55 heavy (non-hydrogen) atoms. The molecular formula is C49H97NO5. The maximum Gasteiger partial charge on any atom is 0.306 e. The highest BCUT2D eigenvalue weighted by molar-refractivity contribution is 5.77. The van der Waals surface area contributed by atoms with Gasteiger partial charge in [0.2, 0.25) is 5.91 Å². The maximum absolute atomic E-state index is 13.1. The maximum atomic E-state index is 13.1. The molecule has 3 atom stereocenters. The Bertz CT molecular complexity index is 791. The monoisotopic (exact) mass is 780 g/mol. The first-order chi connectivity index (χ1) is 27.0. The Morgan fingerprint density at radius 1 is 0.455 bits per heavy atom. The van der Waals surface area contributed by atoms with Crippen LogP contribution in [0.15, 0.2) is 0 Å². The second kappa shape index (κ2) is 44.0. The van der Waals surface area contributed by atoms with Gasteiger partial charge in [-0.1, -0.05) is 239 Å². The third kappa shape index (κ3) is 39.5. The lowest BCUT2D eigenvalue weighted by Crippen LogP contribution is -2.46. The number of carbonyl (C=O) groups excluding carboxylic acids is 2. The topological polar surface area (TPSA) is 95.9 Å². The van der Waals surface area contributed by atoms with E-state index >= 15 is 0 Å². The van der Waals surface area contributed by atoms with Crippen molar-refractivity contribution in [2.45, 2.75) is 296 Å². The first-order valence-electron chi connectivity index (χ1n) is 24.8. The third-order valence-electron chi connectivity index (χ3n) is 11.7. The number of esters is 1. The fourth-order valence-electron chi connectivity index (χ4n) is 7.90. The molecule has 0 spiro atoms. The zero-order valence-electron chi connectivity index (χ0n) is 37.3. The number of aliphatic hydroxyl groups is 2. The van der Waals surface area contributed by atoms with Crippen molar-refractivity contribution in [1.82, 2.24) is 5.32 Å². The molecule has 1 amide bonds. The van der Waals surface area contributed by atoms with Gasteiger partial charge in [0.1, 0.15) is 6.10 Å². The van der Waals surface area contributed by atoms with E-state index in [1.165, 1.54) is 193 Å². The summed E-state index contributed by atoms with van der Waals surface area (Å²) < 4.78 is 5.89. The summed E-state index contributed by atoms with van der Waals surface area (Å²) in [5.74, 6) is -0.460. The van der Waals surface area contributed by atoms with Crippen molar-refractivity contribution in [1.29, 1.82) is 0 Å². The van der Waals surface area contributed by atoms with Crippen molar-refractivity contribution in [3.63, 3.8) is 0 Å². The van der Waals surface area contributed by atoms with Gasteiger partial charge in [-0.25, -0.2) is 0 Å². The van der Waals surface area contributed by atoms with Crippen LogP contribution < -0.4 is 5.32 Å². The van der Waals surface area contributed by atoms with Gasteiger partial charge in [0, 0.05) is 6.42 Å². The third-order valence-corrected chi connectivity index (χ3v) is 11.7. The molecule has 0 heterocycles. The molecule has 6 heteroatoms. The van der Waals surface area contributed by atoms with Gasteiger partial charge in [0.25, 0.3) is 0 Å². The van der Waals surface area contributed by atoms with E-state index in [1.807, 2.05) is 0 Å². The Hall–Kier alpha value is -1.14. The lowest BCUT2D eigenvalue weighted by atomic mass is 10.0. The van der Waals surface area contributed by atoms with Crippen LogP contribution in [0.1, 0.15) is 278 Å². The molecule has 0 bridgehead atoms. The number of rotatable bonds is 45. The van der Waals surface area contributed by atoms with E-state index in [2.05, 4.69) is 26.1 Å². The number of hydrogen-bond donors (Lipinski definition) is 3. The SMILES string of the molecule is CCCCCCCCCCCCCCCCCCCCC(=O)OC(CCCCCCCCC)CC(=O)NC(CO)C(O)CCCCCCCCCCCCC. The Morgan fingerprint density at radius 2 is 0.764 bits per heavy atom. The van der Waals surface area contributed by atoms with Gasteiger partial charge >= 0.3 is 5.97 Å². The van der Waals surface area contributed by atoms with Crippen molar-refractivity contribution < 1.29 is 24.5 Å². The molecule has 0 aliphatic rings. The van der Waals surface area contributed by atoms with Gasteiger partial charge < -0.3 is 20.3 Å². The molecule has 0 radical (unpaired) electrons. The minimum absolute atomic E-state index is 0.0857. The molecule has 0 aromatic rings. The summed E-state index contributed by atoms with van der Waals surface area (Å²) in [6, 6.07) is -0.690. The molecule has 3 N–H and O–H groups in total. The smallest absolute Gasteiger partial charge is 0.306 e. The summed E-state index contributed by atoms with van der Waals surface area (Å²) in [7, 11) is 0. The van der Waals surface area contributed by atoms with E-state index in [1.54, 1.807) is 0 Å². The van der Waals surface area contributed by atoms with Gasteiger partial charge in [0.15, 0.2) is 0 Å². The van der Waals surface area contributed by atoms with Crippen molar-refractivity contribution in [3.05, 3.63) is 0 Å². The van der Waals surface area contributed by atoms with Crippen LogP contribution in [0.4, 0.5) is 0 Å². The first-order valence-corrected chi connectivity index (χ1v) is 24.8. The van der Waals surface area contributed by atoms with E-state index in [0.29, 0.717) is 19.3 Å². The highest BCUT2D eigenvalue weighted by Gasteiger charge is 2.24. The zero-order chi connectivity index (χ0) is 40.3. The average molecular weight is 780 g/mol. The Balaban J connectivity index is 4.30. The summed E-state index contributed by atoms with van der Waals surface area (Å²) in [5.41, 5.74) is 0. The molecule has 0 fully saturated rings. The van der Waals surface area contributed by atoms with E-state index in [9.17, 15) is 19.8 Å². The largest absolute Gasteiger partial charge is 0.462 e. The first kappa shape index (κ1) is 53.9. The summed E-state index contributed by atoms with van der Waals surface area (Å²) in [6.07, 6.45) is 46.1. The minimum Gasteiger partial charge on any atom is -0.462 e. The fraction of sp³-hybridized carbons (Fsp3) is 0.959. The Kier molecular flexibility index (Phi) is 43.1. The molecule has 328 valence electrons. The van der Waals surface area contributed by atoms with Gasteiger partial charge in [-0.15, -0.1) is 0 Å². The lowest BCUT2D eigenvalue weighted by Gasteiger charge is -2.24. The van der Waals surface area contributed by atoms with Crippen LogP contribution in [0.5, 0.6) is 0 Å². The highest BCUT2D eigenvalue weighted by Crippen LogP contribution is 2.18. The zero-order valence-corrected chi connectivity index (χ0v) is 37.3. The predicted octanol–water partition coefficient (Wildman–Crippen LogP) is 14.4. The van der Waals surface area contributed by atoms with Gasteiger partial charge in [0.05, 0.1) is 25.2 Å². The van der Waals surface area contributed by atoms with E-state index in [4.69, 9.17) is 4.74 Å². The summed E-state index contributed by atoms with van der Waals surface area (Å²) >= 11 is 0. The van der Waals surface area contributed by atoms with Gasteiger partial charge in [-0.3, -0.25) is 9.59 Å². The van der Waals surface area contributed by atoms with E-state index < -0.39 is 18.2 Å². The van der Waals surface area contributed by atoms with Crippen molar-refractivity contribution >= 4 is 11.9 Å². The fourth-order valence-corrected chi connectivity index (χ4v) is 7.90. The number of unbranched alkanes of at least 4 members (excludes halogenated alkanes) is 33. The molecule has 0 aromatic heterocycles. The molecule has 0 rings (SSSR count). The van der Waals surface area contributed by atoms with Gasteiger partial charge in [-0.05, 0) is 25.7 Å². The summed E-state index contributed by atoms with van der Waals surface area (Å²) in [5, 5.41) is 23.6. The summed E-state index contributed by atoms with van der Waals surface area (Å²) in [6.45, 7) is 6.46. The molecule has 0 aliphatic heterocycles. The Labute approximate surface area is 343 Å². The number of ether oxygens (including phenoxy) is 1.